The number of benzene rings is 1. The molecule has 2 heterocycles. The Bertz CT molecular complexity index is 772. The summed E-state index contributed by atoms with van der Waals surface area (Å²) in [6, 6.07) is 5.28. The van der Waals surface area contributed by atoms with Crippen LogP contribution in [0.1, 0.15) is 29.5 Å². The average Bonchev–Trinajstić information content (AvgIpc) is 3.00. The van der Waals surface area contributed by atoms with E-state index >= 15 is 0 Å². The fourth-order valence-corrected chi connectivity index (χ4v) is 2.71. The number of hydrogen-bond acceptors (Lipinski definition) is 4. The van der Waals surface area contributed by atoms with E-state index in [1.54, 1.807) is 0 Å². The molecule has 0 saturated carbocycles. The summed E-state index contributed by atoms with van der Waals surface area (Å²) in [5.41, 5.74) is 3.10. The zero-order valence-electron chi connectivity index (χ0n) is 12.8. The first-order valence-electron chi connectivity index (χ1n) is 7.48. The van der Waals surface area contributed by atoms with Gasteiger partial charge in [-0.1, -0.05) is 0 Å². The lowest BCUT2D eigenvalue weighted by Crippen LogP contribution is -2.33. The average molecular weight is 301 g/mol. The zero-order valence-corrected chi connectivity index (χ0v) is 12.8. The van der Waals surface area contributed by atoms with E-state index in [0.717, 1.165) is 34.9 Å². The van der Waals surface area contributed by atoms with Gasteiger partial charge >= 0.3 is 5.63 Å². The van der Waals surface area contributed by atoms with Gasteiger partial charge in [-0.25, -0.2) is 4.79 Å². The summed E-state index contributed by atoms with van der Waals surface area (Å²) in [4.78, 5) is 23.7. The molecule has 1 N–H and O–H groups in total. The fraction of sp³-hybridized carbons (Fsp3) is 0.412. The highest BCUT2D eigenvalue weighted by molar-refractivity contribution is 5.84. The molecule has 22 heavy (non-hydrogen) atoms. The van der Waals surface area contributed by atoms with Gasteiger partial charge in [-0.3, -0.25) is 4.79 Å². The highest BCUT2D eigenvalue weighted by atomic mass is 16.5. The van der Waals surface area contributed by atoms with Crippen LogP contribution in [0.4, 0.5) is 0 Å². The molecule has 0 aliphatic carbocycles. The second-order valence-electron chi connectivity index (χ2n) is 5.74. The minimum Gasteiger partial charge on any atom is -0.423 e. The Hall–Kier alpha value is -2.14. The standard InChI is InChI=1S/C17H19NO4/c1-10-6-13-12(8-16(19)22-15(13)7-11(10)2)9-18-17(20)14-4-3-5-21-14/h6-8,14H,3-5,9H2,1-2H3,(H,18,20). The Balaban J connectivity index is 1.87. The van der Waals surface area contributed by atoms with Crippen LogP contribution in [-0.2, 0) is 16.1 Å². The molecule has 1 fully saturated rings. The molecule has 1 atom stereocenters. The smallest absolute Gasteiger partial charge is 0.336 e. The maximum Gasteiger partial charge on any atom is 0.336 e. The van der Waals surface area contributed by atoms with E-state index in [2.05, 4.69) is 5.32 Å². The van der Waals surface area contributed by atoms with Gasteiger partial charge in [0.1, 0.15) is 11.7 Å². The largest absolute Gasteiger partial charge is 0.423 e. The van der Waals surface area contributed by atoms with Gasteiger partial charge < -0.3 is 14.5 Å². The molecule has 0 spiro atoms. The van der Waals surface area contributed by atoms with Crippen molar-refractivity contribution in [3.8, 4) is 0 Å². The molecule has 1 unspecified atom stereocenters. The third kappa shape index (κ3) is 2.90. The number of fused-ring (bicyclic) bond motifs is 1. The van der Waals surface area contributed by atoms with Crippen molar-refractivity contribution in [1.82, 2.24) is 5.32 Å². The summed E-state index contributed by atoms with van der Waals surface area (Å²) in [6.07, 6.45) is 1.30. The quantitative estimate of drug-likeness (QED) is 0.883. The lowest BCUT2D eigenvalue weighted by molar-refractivity contribution is -0.130. The van der Waals surface area contributed by atoms with Crippen LogP contribution in [0, 0.1) is 13.8 Å². The van der Waals surface area contributed by atoms with E-state index in [1.165, 1.54) is 6.07 Å². The van der Waals surface area contributed by atoms with E-state index in [-0.39, 0.29) is 12.0 Å². The van der Waals surface area contributed by atoms with E-state index < -0.39 is 5.63 Å². The Labute approximate surface area is 128 Å². The van der Waals surface area contributed by atoms with Crippen LogP contribution >= 0.6 is 0 Å². The Kier molecular flexibility index (Phi) is 3.98. The molecule has 5 nitrogen and oxygen atoms in total. The van der Waals surface area contributed by atoms with Crippen molar-refractivity contribution in [3.05, 3.63) is 45.3 Å². The van der Waals surface area contributed by atoms with Crippen LogP contribution < -0.4 is 10.9 Å². The molecule has 0 radical (unpaired) electrons. The van der Waals surface area contributed by atoms with Crippen LogP contribution in [0.15, 0.2) is 27.4 Å². The Morgan fingerprint density at radius 1 is 1.27 bits per heavy atom. The second-order valence-corrected chi connectivity index (χ2v) is 5.74. The van der Waals surface area contributed by atoms with Crippen molar-refractivity contribution in [2.75, 3.05) is 6.61 Å². The number of ether oxygens (including phenoxy) is 1. The molecule has 3 rings (SSSR count). The second kappa shape index (κ2) is 5.93. The number of hydrogen-bond donors (Lipinski definition) is 1. The molecular weight excluding hydrogens is 282 g/mol. The molecule has 1 aromatic carbocycles. The molecule has 1 amide bonds. The topological polar surface area (TPSA) is 68.5 Å². The number of aryl methyl sites for hydroxylation is 2. The minimum absolute atomic E-state index is 0.122. The van der Waals surface area contributed by atoms with Crippen LogP contribution in [0.25, 0.3) is 11.0 Å². The van der Waals surface area contributed by atoms with Crippen molar-refractivity contribution in [1.29, 1.82) is 0 Å². The van der Waals surface area contributed by atoms with Gasteiger partial charge in [-0.2, -0.15) is 0 Å². The molecular formula is C17H19NO4. The molecule has 1 aliphatic rings. The zero-order chi connectivity index (χ0) is 15.7. The molecule has 0 bridgehead atoms. The number of carbonyl (C=O) groups is 1. The van der Waals surface area contributed by atoms with Gasteiger partial charge in [0.25, 0.3) is 0 Å². The SMILES string of the molecule is Cc1cc2oc(=O)cc(CNC(=O)C3CCCO3)c2cc1C. The van der Waals surface area contributed by atoms with Crippen LogP contribution in [-0.4, -0.2) is 18.6 Å². The molecule has 2 aromatic rings. The van der Waals surface area contributed by atoms with Crippen molar-refractivity contribution in [3.63, 3.8) is 0 Å². The third-order valence-corrected chi connectivity index (χ3v) is 4.12. The lowest BCUT2D eigenvalue weighted by Gasteiger charge is -2.12. The maximum atomic E-state index is 12.0. The monoisotopic (exact) mass is 301 g/mol. The molecule has 1 saturated heterocycles. The van der Waals surface area contributed by atoms with Gasteiger partial charge in [-0.15, -0.1) is 0 Å². The number of nitrogens with one attached hydrogen (secondary N) is 1. The van der Waals surface area contributed by atoms with Crippen molar-refractivity contribution < 1.29 is 13.9 Å². The van der Waals surface area contributed by atoms with E-state index in [9.17, 15) is 9.59 Å². The summed E-state index contributed by atoms with van der Waals surface area (Å²) in [6.45, 7) is 4.91. The first kappa shape index (κ1) is 14.8. The summed E-state index contributed by atoms with van der Waals surface area (Å²) in [5, 5.41) is 3.71. The van der Waals surface area contributed by atoms with Crippen LogP contribution in [0.3, 0.4) is 0 Å². The minimum atomic E-state index is -0.405. The van der Waals surface area contributed by atoms with Gasteiger partial charge in [0.15, 0.2) is 0 Å². The summed E-state index contributed by atoms with van der Waals surface area (Å²) in [7, 11) is 0. The predicted octanol–water partition coefficient (Wildman–Crippen LogP) is 2.21. The first-order chi connectivity index (χ1) is 10.5. The Morgan fingerprint density at radius 2 is 2.05 bits per heavy atom. The summed E-state index contributed by atoms with van der Waals surface area (Å²) in [5.74, 6) is -0.122. The molecule has 5 heteroatoms. The highest BCUT2D eigenvalue weighted by Crippen LogP contribution is 2.21. The first-order valence-corrected chi connectivity index (χ1v) is 7.48. The van der Waals surface area contributed by atoms with Crippen LogP contribution in [0.2, 0.25) is 0 Å². The predicted molar refractivity (Wildman–Crippen MR) is 82.8 cm³/mol. The fourth-order valence-electron chi connectivity index (χ4n) is 2.71. The molecule has 1 aliphatic heterocycles. The van der Waals surface area contributed by atoms with Gasteiger partial charge in [0.2, 0.25) is 5.91 Å². The lowest BCUT2D eigenvalue weighted by atomic mass is 10.0. The Morgan fingerprint density at radius 3 is 2.77 bits per heavy atom. The number of carbonyl (C=O) groups excluding carboxylic acids is 1. The molecule has 116 valence electrons. The van der Waals surface area contributed by atoms with Crippen molar-refractivity contribution in [2.45, 2.75) is 39.3 Å². The maximum absolute atomic E-state index is 12.0. The summed E-state index contributed by atoms with van der Waals surface area (Å²) < 4.78 is 10.6. The van der Waals surface area contributed by atoms with Gasteiger partial charge in [0, 0.05) is 24.6 Å². The van der Waals surface area contributed by atoms with Gasteiger partial charge in [0.05, 0.1) is 0 Å². The van der Waals surface area contributed by atoms with Crippen LogP contribution in [0.5, 0.6) is 0 Å². The van der Waals surface area contributed by atoms with E-state index in [0.29, 0.717) is 18.7 Å². The van der Waals surface area contributed by atoms with Crippen molar-refractivity contribution >= 4 is 16.9 Å². The van der Waals surface area contributed by atoms with E-state index in [4.69, 9.17) is 9.15 Å². The van der Waals surface area contributed by atoms with Crippen molar-refractivity contribution in [2.24, 2.45) is 0 Å². The highest BCUT2D eigenvalue weighted by Gasteiger charge is 2.23. The van der Waals surface area contributed by atoms with E-state index in [1.807, 2.05) is 26.0 Å². The number of amides is 1. The van der Waals surface area contributed by atoms with Gasteiger partial charge in [-0.05, 0) is 55.5 Å². The third-order valence-electron chi connectivity index (χ3n) is 4.12. The molecule has 1 aromatic heterocycles. The normalized spacial score (nSPS) is 17.8. The summed E-state index contributed by atoms with van der Waals surface area (Å²) >= 11 is 0. The number of rotatable bonds is 3.